The Morgan fingerprint density at radius 1 is 1.29 bits per heavy atom. The molecule has 1 N–H and O–H groups in total. The molecule has 0 saturated carbocycles. The van der Waals surface area contributed by atoms with Gasteiger partial charge in [0.2, 0.25) is 0 Å². The normalized spacial score (nSPS) is 9.94. The summed E-state index contributed by atoms with van der Waals surface area (Å²) < 4.78 is 0. The Balaban J connectivity index is 0.000000686. The van der Waals surface area contributed by atoms with Crippen LogP contribution in [-0.4, -0.2) is 15.0 Å². The molecule has 4 nitrogen and oxygen atoms in total. The Bertz CT molecular complexity index is 546. The molecule has 0 amide bonds. The highest BCUT2D eigenvalue weighted by atomic mass is 14.9. The number of fused-ring (bicyclic) bond motifs is 1. The smallest absolute Gasteiger partial charge is 0.142 e. The molecule has 0 aliphatic carbocycles. The molecule has 2 rings (SSSR count). The predicted molar refractivity (Wildman–Crippen MR) is 68.8 cm³/mol. The molecular weight excluding hydrogens is 212 g/mol. The van der Waals surface area contributed by atoms with Crippen molar-refractivity contribution in [2.24, 2.45) is 0 Å². The number of nitriles is 1. The lowest BCUT2D eigenvalue weighted by Gasteiger charge is -2.06. The van der Waals surface area contributed by atoms with E-state index in [2.05, 4.69) is 34.9 Å². The molecule has 0 saturated heterocycles. The van der Waals surface area contributed by atoms with Gasteiger partial charge in [-0.15, -0.1) is 0 Å². The van der Waals surface area contributed by atoms with Crippen molar-refractivity contribution in [2.75, 3.05) is 0 Å². The van der Waals surface area contributed by atoms with E-state index in [9.17, 15) is 0 Å². The lowest BCUT2D eigenvalue weighted by molar-refractivity contribution is 0.817. The standard InChI is InChI=1S/C11H12N4.C2H6/c1-6(2)10-9-8(4-12)5-13-11(9)15-7(3)14-10;1-2/h5-6H,1-3H3,(H,13,14,15);1-2H3. The summed E-state index contributed by atoms with van der Waals surface area (Å²) in [7, 11) is 0. The number of hydrogen-bond donors (Lipinski definition) is 1. The number of hydrogen-bond acceptors (Lipinski definition) is 3. The Hall–Kier alpha value is -1.89. The molecule has 0 radical (unpaired) electrons. The van der Waals surface area contributed by atoms with Gasteiger partial charge in [-0.05, 0) is 12.8 Å². The summed E-state index contributed by atoms with van der Waals surface area (Å²) in [6.45, 7) is 9.99. The molecule has 17 heavy (non-hydrogen) atoms. The summed E-state index contributed by atoms with van der Waals surface area (Å²) in [6.07, 6.45) is 1.69. The number of nitrogens with zero attached hydrogens (tertiary/aromatic N) is 3. The molecule has 0 spiro atoms. The fraction of sp³-hybridized carbons (Fsp3) is 0.462. The van der Waals surface area contributed by atoms with E-state index in [4.69, 9.17) is 5.26 Å². The summed E-state index contributed by atoms with van der Waals surface area (Å²) in [4.78, 5) is 11.7. The second-order valence-corrected chi connectivity index (χ2v) is 3.85. The van der Waals surface area contributed by atoms with Gasteiger partial charge in [0.15, 0.2) is 0 Å². The van der Waals surface area contributed by atoms with Crippen molar-refractivity contribution >= 4 is 11.0 Å². The first-order chi connectivity index (χ1) is 8.13. The maximum absolute atomic E-state index is 8.97. The topological polar surface area (TPSA) is 65.4 Å². The quantitative estimate of drug-likeness (QED) is 0.817. The van der Waals surface area contributed by atoms with Gasteiger partial charge in [-0.1, -0.05) is 27.7 Å². The number of H-pyrrole nitrogens is 1. The summed E-state index contributed by atoms with van der Waals surface area (Å²) >= 11 is 0. The van der Waals surface area contributed by atoms with E-state index in [-0.39, 0.29) is 5.92 Å². The number of aryl methyl sites for hydroxylation is 1. The van der Waals surface area contributed by atoms with E-state index in [1.807, 2.05) is 20.8 Å². The molecule has 2 aromatic rings. The largest absolute Gasteiger partial charge is 0.345 e. The third kappa shape index (κ3) is 2.44. The zero-order valence-electron chi connectivity index (χ0n) is 11.0. The third-order valence-corrected chi connectivity index (χ3v) is 2.34. The minimum atomic E-state index is 0.289. The van der Waals surface area contributed by atoms with Gasteiger partial charge >= 0.3 is 0 Å². The van der Waals surface area contributed by atoms with Gasteiger partial charge in [0.05, 0.1) is 16.6 Å². The fourth-order valence-corrected chi connectivity index (χ4v) is 1.68. The average Bonchev–Trinajstić information content (AvgIpc) is 2.73. The highest BCUT2D eigenvalue weighted by Gasteiger charge is 2.14. The minimum absolute atomic E-state index is 0.289. The Morgan fingerprint density at radius 3 is 2.47 bits per heavy atom. The predicted octanol–water partition coefficient (Wildman–Crippen LogP) is 3.29. The van der Waals surface area contributed by atoms with Crippen LogP contribution in [0.2, 0.25) is 0 Å². The summed E-state index contributed by atoms with van der Waals surface area (Å²) in [5.74, 6) is 1.02. The number of aromatic amines is 1. The molecule has 0 bridgehead atoms. The number of aromatic nitrogens is 3. The first-order valence-corrected chi connectivity index (χ1v) is 5.89. The van der Waals surface area contributed by atoms with Crippen LogP contribution in [0.4, 0.5) is 0 Å². The molecule has 0 fully saturated rings. The van der Waals surface area contributed by atoms with Crippen molar-refractivity contribution in [2.45, 2.75) is 40.5 Å². The van der Waals surface area contributed by atoms with E-state index < -0.39 is 0 Å². The maximum Gasteiger partial charge on any atom is 0.142 e. The Morgan fingerprint density at radius 2 is 1.94 bits per heavy atom. The SMILES string of the molecule is CC.Cc1nc(C(C)C)c2c(C#N)c[nH]c2n1. The van der Waals surface area contributed by atoms with Crippen LogP contribution in [0, 0.1) is 18.3 Å². The van der Waals surface area contributed by atoms with Crippen LogP contribution in [0.5, 0.6) is 0 Å². The molecule has 0 atom stereocenters. The monoisotopic (exact) mass is 230 g/mol. The van der Waals surface area contributed by atoms with Crippen LogP contribution in [-0.2, 0) is 0 Å². The first kappa shape index (κ1) is 13.2. The molecule has 0 unspecified atom stereocenters. The van der Waals surface area contributed by atoms with Gasteiger partial charge in [-0.25, -0.2) is 9.97 Å². The van der Waals surface area contributed by atoms with E-state index in [0.717, 1.165) is 22.6 Å². The Labute approximate surface area is 102 Å². The van der Waals surface area contributed by atoms with Crippen molar-refractivity contribution in [3.05, 3.63) is 23.3 Å². The highest BCUT2D eigenvalue weighted by molar-refractivity contribution is 5.85. The van der Waals surface area contributed by atoms with Crippen molar-refractivity contribution in [1.29, 1.82) is 5.26 Å². The molecule has 0 aliphatic rings. The van der Waals surface area contributed by atoms with Gasteiger partial charge in [0.25, 0.3) is 0 Å². The molecule has 90 valence electrons. The van der Waals surface area contributed by atoms with Crippen LogP contribution in [0.25, 0.3) is 11.0 Å². The van der Waals surface area contributed by atoms with Crippen LogP contribution in [0.15, 0.2) is 6.20 Å². The maximum atomic E-state index is 8.97. The van der Waals surface area contributed by atoms with Crippen LogP contribution in [0.1, 0.15) is 50.7 Å². The zero-order chi connectivity index (χ0) is 13.0. The second-order valence-electron chi connectivity index (χ2n) is 3.85. The van der Waals surface area contributed by atoms with Gasteiger partial charge in [0, 0.05) is 6.20 Å². The summed E-state index contributed by atoms with van der Waals surface area (Å²) in [5, 5.41) is 9.83. The molecule has 0 aromatic carbocycles. The zero-order valence-corrected chi connectivity index (χ0v) is 11.0. The minimum Gasteiger partial charge on any atom is -0.345 e. The van der Waals surface area contributed by atoms with Gasteiger partial charge in [-0.3, -0.25) is 0 Å². The molecule has 2 aromatic heterocycles. The van der Waals surface area contributed by atoms with Gasteiger partial charge in [0.1, 0.15) is 17.5 Å². The van der Waals surface area contributed by atoms with Crippen molar-refractivity contribution in [3.63, 3.8) is 0 Å². The van der Waals surface area contributed by atoms with Crippen molar-refractivity contribution in [1.82, 2.24) is 15.0 Å². The van der Waals surface area contributed by atoms with Crippen molar-refractivity contribution in [3.8, 4) is 6.07 Å². The summed E-state index contributed by atoms with van der Waals surface area (Å²) in [6, 6.07) is 2.15. The lowest BCUT2D eigenvalue weighted by Crippen LogP contribution is -1.99. The fourth-order valence-electron chi connectivity index (χ4n) is 1.68. The van der Waals surface area contributed by atoms with Crippen LogP contribution in [0.3, 0.4) is 0 Å². The van der Waals surface area contributed by atoms with E-state index in [0.29, 0.717) is 5.56 Å². The Kier molecular flexibility index (Phi) is 4.22. The first-order valence-electron chi connectivity index (χ1n) is 5.89. The number of nitrogens with one attached hydrogen (secondary N) is 1. The highest BCUT2D eigenvalue weighted by Crippen LogP contribution is 2.25. The van der Waals surface area contributed by atoms with E-state index in [1.165, 1.54) is 0 Å². The third-order valence-electron chi connectivity index (χ3n) is 2.34. The molecule has 0 aliphatic heterocycles. The molecular formula is C13H18N4. The van der Waals surface area contributed by atoms with E-state index >= 15 is 0 Å². The van der Waals surface area contributed by atoms with Gasteiger partial charge < -0.3 is 4.98 Å². The van der Waals surface area contributed by atoms with E-state index in [1.54, 1.807) is 6.20 Å². The average molecular weight is 230 g/mol. The molecule has 2 heterocycles. The lowest BCUT2D eigenvalue weighted by atomic mass is 10.0. The number of rotatable bonds is 1. The van der Waals surface area contributed by atoms with Crippen molar-refractivity contribution < 1.29 is 0 Å². The molecule has 4 heteroatoms. The van der Waals surface area contributed by atoms with Gasteiger partial charge in [-0.2, -0.15) is 5.26 Å². The second kappa shape index (κ2) is 5.44. The summed E-state index contributed by atoms with van der Waals surface area (Å²) in [5.41, 5.74) is 2.31. The van der Waals surface area contributed by atoms with Crippen LogP contribution < -0.4 is 0 Å². The van der Waals surface area contributed by atoms with Crippen LogP contribution >= 0.6 is 0 Å².